The number of aromatic nitrogens is 3. The fourth-order valence-electron chi connectivity index (χ4n) is 2.84. The number of carbonyl (C=O) groups excluding carboxylic acids is 1. The molecule has 0 atom stereocenters. The van der Waals surface area contributed by atoms with Crippen molar-refractivity contribution in [1.29, 1.82) is 0 Å². The highest BCUT2D eigenvalue weighted by Crippen LogP contribution is 2.36. The molecule has 1 aromatic carbocycles. The Hall–Kier alpha value is -4.21. The summed E-state index contributed by atoms with van der Waals surface area (Å²) in [7, 11) is 0. The summed E-state index contributed by atoms with van der Waals surface area (Å²) in [4.78, 5) is 24.6. The summed E-state index contributed by atoms with van der Waals surface area (Å²) in [5.41, 5.74) is 1.61. The molecule has 35 heavy (non-hydrogen) atoms. The Kier molecular flexibility index (Phi) is 7.23. The smallest absolute Gasteiger partial charge is 0.368 e. The van der Waals surface area contributed by atoms with Gasteiger partial charge in [-0.15, -0.1) is 0 Å². The summed E-state index contributed by atoms with van der Waals surface area (Å²) in [6, 6.07) is 4.35. The third-order valence-corrected chi connectivity index (χ3v) is 4.50. The number of alkyl halides is 6. The molecular weight excluding hydrogens is 483 g/mol. The van der Waals surface area contributed by atoms with Crippen molar-refractivity contribution in [1.82, 2.24) is 15.0 Å². The van der Waals surface area contributed by atoms with Crippen LogP contribution in [0.4, 0.5) is 42.4 Å². The maximum atomic E-state index is 13.4. The van der Waals surface area contributed by atoms with E-state index in [0.29, 0.717) is 5.56 Å². The van der Waals surface area contributed by atoms with Crippen LogP contribution in [0.25, 0.3) is 0 Å². The summed E-state index contributed by atoms with van der Waals surface area (Å²) in [6.07, 6.45) is -8.41. The molecule has 0 bridgehead atoms. The molecule has 1 amide bonds. The minimum atomic E-state index is -5.19. The van der Waals surface area contributed by atoms with Gasteiger partial charge < -0.3 is 10.6 Å². The predicted molar refractivity (Wildman–Crippen MR) is 110 cm³/mol. The monoisotopic (exact) mass is 497 g/mol. The van der Waals surface area contributed by atoms with Crippen LogP contribution in [-0.4, -0.2) is 27.4 Å². The lowest BCUT2D eigenvalue weighted by Crippen LogP contribution is -2.33. The molecule has 0 fully saturated rings. The van der Waals surface area contributed by atoms with E-state index in [9.17, 15) is 35.5 Å². The molecule has 3 aromatic rings. The number of halogens is 7. The molecule has 0 aliphatic rings. The lowest BCUT2D eigenvalue weighted by molar-refractivity contribution is -0.143. The molecule has 0 saturated heterocycles. The Bertz CT molecular complexity index is 1260. The van der Waals surface area contributed by atoms with Crippen LogP contribution in [0.1, 0.15) is 22.4 Å². The van der Waals surface area contributed by atoms with E-state index in [4.69, 9.17) is 5.73 Å². The second-order valence-corrected chi connectivity index (χ2v) is 6.98. The van der Waals surface area contributed by atoms with Gasteiger partial charge >= 0.3 is 12.4 Å². The fraction of sp³-hybridized carbons (Fsp3) is 0.182. The molecule has 0 unspecified atom stereocenters. The van der Waals surface area contributed by atoms with Crippen molar-refractivity contribution in [2.24, 2.45) is 0 Å². The van der Waals surface area contributed by atoms with Crippen LogP contribution in [0.15, 0.2) is 48.9 Å². The number of nitrogens with zero attached hydrogens (tertiary/aromatic N) is 4. The highest BCUT2D eigenvalue weighted by Gasteiger charge is 2.39. The molecule has 2 aromatic heterocycles. The van der Waals surface area contributed by atoms with Crippen LogP contribution >= 0.6 is 0 Å². The van der Waals surface area contributed by atoms with Gasteiger partial charge in [0.05, 0.1) is 35.3 Å². The molecule has 182 valence electrons. The van der Waals surface area contributed by atoms with Crippen molar-refractivity contribution in [2.45, 2.75) is 18.8 Å². The zero-order valence-electron chi connectivity index (χ0n) is 17.5. The number of hydrogen-bond donors (Lipinski definition) is 1. The highest BCUT2D eigenvalue weighted by molar-refractivity contribution is 5.95. The highest BCUT2D eigenvalue weighted by atomic mass is 19.4. The van der Waals surface area contributed by atoms with E-state index in [2.05, 4.69) is 26.8 Å². The van der Waals surface area contributed by atoms with E-state index < -0.39 is 47.3 Å². The van der Waals surface area contributed by atoms with E-state index in [1.54, 1.807) is 0 Å². The van der Waals surface area contributed by atoms with E-state index in [-0.39, 0.29) is 30.4 Å². The van der Waals surface area contributed by atoms with Crippen LogP contribution < -0.4 is 10.6 Å². The van der Waals surface area contributed by atoms with Crippen LogP contribution in [0.2, 0.25) is 0 Å². The molecule has 0 radical (unpaired) electrons. The minimum Gasteiger partial charge on any atom is -0.368 e. The van der Waals surface area contributed by atoms with Crippen molar-refractivity contribution in [3.05, 3.63) is 77.1 Å². The summed E-state index contributed by atoms with van der Waals surface area (Å²) < 4.78 is 92.3. The Morgan fingerprint density at radius 2 is 1.57 bits per heavy atom. The number of rotatable bonds is 4. The first-order valence-electron chi connectivity index (χ1n) is 9.60. The van der Waals surface area contributed by atoms with Gasteiger partial charge in [-0.25, -0.2) is 14.4 Å². The minimum absolute atomic E-state index is 0.00294. The zero-order chi connectivity index (χ0) is 25.8. The molecule has 0 saturated carbocycles. The Morgan fingerprint density at radius 1 is 0.943 bits per heavy atom. The molecule has 13 heteroatoms. The molecule has 6 nitrogen and oxygen atoms in total. The van der Waals surface area contributed by atoms with Gasteiger partial charge in [0, 0.05) is 24.3 Å². The molecule has 3 rings (SSSR count). The third kappa shape index (κ3) is 6.66. The van der Waals surface area contributed by atoms with E-state index in [1.807, 2.05) is 0 Å². The topological polar surface area (TPSA) is 85.0 Å². The number of benzene rings is 1. The van der Waals surface area contributed by atoms with Crippen molar-refractivity contribution in [3.8, 4) is 11.8 Å². The lowest BCUT2D eigenvalue weighted by Gasteiger charge is -2.21. The number of nitrogens with two attached hydrogens (primary N) is 1. The summed E-state index contributed by atoms with van der Waals surface area (Å²) in [5.74, 6) is 3.68. The first-order chi connectivity index (χ1) is 16.3. The SMILES string of the molecule is Nc1ncc(C#CCN(C(=O)Cc2ncc(C(F)(F)F)cc2C(F)(F)F)c2ccc(F)cc2)cn1. The lowest BCUT2D eigenvalue weighted by atomic mass is 10.1. The maximum Gasteiger partial charge on any atom is 0.418 e. The number of hydrogen-bond acceptors (Lipinski definition) is 5. The molecule has 2 N–H and O–H groups in total. The van der Waals surface area contributed by atoms with Crippen LogP contribution in [0, 0.1) is 17.7 Å². The van der Waals surface area contributed by atoms with E-state index >= 15 is 0 Å². The van der Waals surface area contributed by atoms with Crippen molar-refractivity contribution in [2.75, 3.05) is 17.2 Å². The first kappa shape index (κ1) is 25.4. The number of carbonyl (C=O) groups is 1. The molecular formula is C22H14F7N5O. The van der Waals surface area contributed by atoms with Crippen molar-refractivity contribution < 1.29 is 35.5 Å². The first-order valence-corrected chi connectivity index (χ1v) is 9.60. The Labute approximate surface area is 193 Å². The summed E-state index contributed by atoms with van der Waals surface area (Å²) in [5, 5.41) is 0. The Balaban J connectivity index is 1.93. The van der Waals surface area contributed by atoms with Crippen LogP contribution in [-0.2, 0) is 23.6 Å². The quantitative estimate of drug-likeness (QED) is 0.430. The third-order valence-electron chi connectivity index (χ3n) is 4.50. The van der Waals surface area contributed by atoms with Gasteiger partial charge in [0.25, 0.3) is 0 Å². The summed E-state index contributed by atoms with van der Waals surface area (Å²) in [6.45, 7) is -0.350. The van der Waals surface area contributed by atoms with Gasteiger partial charge in [-0.1, -0.05) is 11.8 Å². The number of pyridine rings is 1. The van der Waals surface area contributed by atoms with Gasteiger partial charge in [0.1, 0.15) is 5.82 Å². The average Bonchev–Trinajstić information content (AvgIpc) is 2.77. The van der Waals surface area contributed by atoms with Crippen molar-refractivity contribution in [3.63, 3.8) is 0 Å². The second-order valence-electron chi connectivity index (χ2n) is 6.98. The summed E-state index contributed by atoms with van der Waals surface area (Å²) >= 11 is 0. The van der Waals surface area contributed by atoms with Gasteiger partial charge in [0.15, 0.2) is 0 Å². The molecule has 0 aliphatic heterocycles. The average molecular weight is 497 g/mol. The number of amides is 1. The van der Waals surface area contributed by atoms with Gasteiger partial charge in [0.2, 0.25) is 11.9 Å². The maximum absolute atomic E-state index is 13.4. The van der Waals surface area contributed by atoms with Gasteiger partial charge in [-0.2, -0.15) is 26.3 Å². The Morgan fingerprint density at radius 3 is 2.14 bits per heavy atom. The van der Waals surface area contributed by atoms with Crippen LogP contribution in [0.5, 0.6) is 0 Å². The fourth-order valence-corrected chi connectivity index (χ4v) is 2.84. The van der Waals surface area contributed by atoms with E-state index in [0.717, 1.165) is 17.0 Å². The normalized spacial score (nSPS) is 11.5. The zero-order valence-corrected chi connectivity index (χ0v) is 17.5. The van der Waals surface area contributed by atoms with Crippen molar-refractivity contribution >= 4 is 17.5 Å². The number of nitrogen functional groups attached to an aromatic ring is 1. The largest absolute Gasteiger partial charge is 0.418 e. The predicted octanol–water partition coefficient (Wildman–Crippen LogP) is 4.26. The molecule has 0 aliphatic carbocycles. The molecule has 0 spiro atoms. The van der Waals surface area contributed by atoms with Gasteiger partial charge in [-0.05, 0) is 30.3 Å². The number of anilines is 2. The van der Waals surface area contributed by atoms with Gasteiger partial charge in [-0.3, -0.25) is 9.78 Å². The molecule has 2 heterocycles. The second kappa shape index (κ2) is 9.96. The standard InChI is InChI=1S/C22H14F7N5O/c23-15-3-5-16(6-4-15)34(7-1-2-13-10-32-20(30)33-11-13)19(35)9-18-17(22(27,28)29)8-14(12-31-18)21(24,25)26/h3-6,8,10-12H,7,9H2,(H2,30,32,33). The van der Waals surface area contributed by atoms with Crippen LogP contribution in [0.3, 0.4) is 0 Å². The van der Waals surface area contributed by atoms with E-state index in [1.165, 1.54) is 24.5 Å².